The lowest BCUT2D eigenvalue weighted by atomic mass is 9.85. The monoisotopic (exact) mass is 591 g/mol. The number of nitrogens with two attached hydrogens (primary N) is 1. The number of ether oxygens (including phenoxy) is 1. The summed E-state index contributed by atoms with van der Waals surface area (Å²) in [5, 5.41) is 11.8. The van der Waals surface area contributed by atoms with Gasteiger partial charge in [-0.3, -0.25) is 14.4 Å². The van der Waals surface area contributed by atoms with Crippen LogP contribution in [0.3, 0.4) is 0 Å². The Balaban J connectivity index is 5.69. The van der Waals surface area contributed by atoms with E-state index in [1.807, 2.05) is 34.6 Å². The highest BCUT2D eigenvalue weighted by Gasteiger charge is 2.33. The number of amides is 4. The Hall–Kier alpha value is -3.14. The number of hydrogen-bond acceptors (Lipinski definition) is 6. The summed E-state index contributed by atoms with van der Waals surface area (Å²) in [5.74, 6) is -0.905. The second-order valence-electron chi connectivity index (χ2n) is 11.8. The normalized spacial score (nSPS) is 14.1. The minimum Gasteiger partial charge on any atom is -0.460 e. The van der Waals surface area contributed by atoms with Crippen molar-refractivity contribution in [3.8, 4) is 0 Å². The molecule has 0 aliphatic heterocycles. The minimum atomic E-state index is -0.836. The summed E-state index contributed by atoms with van der Waals surface area (Å²) in [6, 6.07) is -1.97. The predicted molar refractivity (Wildman–Crippen MR) is 169 cm³/mol. The predicted octanol–water partition coefficient (Wildman–Crippen LogP) is 4.61. The molecule has 10 heteroatoms. The van der Waals surface area contributed by atoms with Crippen LogP contribution in [0, 0.1) is 11.3 Å². The van der Waals surface area contributed by atoms with Crippen LogP contribution in [-0.2, 0) is 19.1 Å². The molecule has 4 amide bonds. The molecule has 240 valence electrons. The van der Waals surface area contributed by atoms with Gasteiger partial charge in [-0.15, -0.1) is 0 Å². The number of rotatable bonds is 20. The lowest BCUT2D eigenvalue weighted by Crippen LogP contribution is -2.59. The average molecular weight is 592 g/mol. The third kappa shape index (κ3) is 13.7. The molecule has 0 saturated heterocycles. The molecule has 0 aromatic heterocycles. The SMILES string of the molecule is C=C/C(=C\C=C(/C)NC(=O)[C@H](CCCNC(N)=O)NC(=O)[C@@H](NC(C)(CC)CC)C(C)C)COC(=O)C(C)(CC)CC. The van der Waals surface area contributed by atoms with Gasteiger partial charge in [0.1, 0.15) is 12.6 Å². The van der Waals surface area contributed by atoms with Crippen LogP contribution >= 0.6 is 0 Å². The van der Waals surface area contributed by atoms with Gasteiger partial charge in [-0.25, -0.2) is 4.79 Å². The first kappa shape index (κ1) is 38.9. The van der Waals surface area contributed by atoms with Crippen molar-refractivity contribution in [3.63, 3.8) is 0 Å². The van der Waals surface area contributed by atoms with E-state index < -0.39 is 23.5 Å². The Morgan fingerprint density at radius 2 is 1.55 bits per heavy atom. The molecule has 0 aliphatic carbocycles. The Bertz CT molecular complexity index is 964. The summed E-state index contributed by atoms with van der Waals surface area (Å²) in [6.07, 6.45) is 8.82. The Morgan fingerprint density at radius 3 is 2.02 bits per heavy atom. The van der Waals surface area contributed by atoms with E-state index in [0.29, 0.717) is 37.0 Å². The summed E-state index contributed by atoms with van der Waals surface area (Å²) in [6.45, 7) is 21.8. The summed E-state index contributed by atoms with van der Waals surface area (Å²) in [5.41, 5.74) is 5.62. The first-order valence-electron chi connectivity index (χ1n) is 15.2. The van der Waals surface area contributed by atoms with Crippen molar-refractivity contribution in [1.82, 2.24) is 21.3 Å². The van der Waals surface area contributed by atoms with Crippen molar-refractivity contribution in [3.05, 3.63) is 36.1 Å². The molecule has 0 spiro atoms. The Labute approximate surface area is 253 Å². The number of allylic oxidation sites excluding steroid dienone is 3. The molecule has 0 aliphatic rings. The largest absolute Gasteiger partial charge is 0.460 e. The average Bonchev–Trinajstić information content (AvgIpc) is 2.96. The van der Waals surface area contributed by atoms with E-state index in [4.69, 9.17) is 10.5 Å². The van der Waals surface area contributed by atoms with E-state index in [1.54, 1.807) is 25.2 Å². The number of carbonyl (C=O) groups is 4. The van der Waals surface area contributed by atoms with Crippen molar-refractivity contribution in [2.45, 2.75) is 118 Å². The molecule has 10 nitrogen and oxygen atoms in total. The van der Waals surface area contributed by atoms with Crippen LogP contribution in [0.15, 0.2) is 36.1 Å². The van der Waals surface area contributed by atoms with Gasteiger partial charge in [-0.1, -0.05) is 60.3 Å². The van der Waals surface area contributed by atoms with Gasteiger partial charge in [0.2, 0.25) is 11.8 Å². The van der Waals surface area contributed by atoms with E-state index in [2.05, 4.69) is 48.6 Å². The number of esters is 1. The van der Waals surface area contributed by atoms with E-state index in [9.17, 15) is 19.2 Å². The molecule has 0 radical (unpaired) electrons. The maximum absolute atomic E-state index is 13.4. The summed E-state index contributed by atoms with van der Waals surface area (Å²) in [7, 11) is 0. The van der Waals surface area contributed by atoms with Crippen molar-refractivity contribution < 1.29 is 23.9 Å². The highest BCUT2D eigenvalue weighted by Crippen LogP contribution is 2.27. The van der Waals surface area contributed by atoms with Gasteiger partial charge >= 0.3 is 12.0 Å². The molecule has 0 unspecified atom stereocenters. The van der Waals surface area contributed by atoms with Gasteiger partial charge in [0.15, 0.2) is 0 Å². The summed E-state index contributed by atoms with van der Waals surface area (Å²) in [4.78, 5) is 50.3. The molecular weight excluding hydrogens is 534 g/mol. The van der Waals surface area contributed by atoms with Gasteiger partial charge in [0, 0.05) is 17.8 Å². The van der Waals surface area contributed by atoms with E-state index >= 15 is 0 Å². The third-order valence-corrected chi connectivity index (χ3v) is 8.17. The number of urea groups is 1. The molecule has 0 fully saturated rings. The maximum atomic E-state index is 13.4. The van der Waals surface area contributed by atoms with E-state index in [-0.39, 0.29) is 42.4 Å². The molecule has 0 heterocycles. The lowest BCUT2D eigenvalue weighted by Gasteiger charge is -2.35. The van der Waals surface area contributed by atoms with Crippen molar-refractivity contribution >= 4 is 23.8 Å². The molecule has 0 bridgehead atoms. The van der Waals surface area contributed by atoms with Gasteiger partial charge in [0.05, 0.1) is 11.5 Å². The summed E-state index contributed by atoms with van der Waals surface area (Å²) >= 11 is 0. The number of primary amides is 1. The van der Waals surface area contributed by atoms with Crippen molar-refractivity contribution in [1.29, 1.82) is 0 Å². The van der Waals surface area contributed by atoms with Crippen LogP contribution in [0.4, 0.5) is 4.79 Å². The zero-order chi connectivity index (χ0) is 32.5. The third-order valence-electron chi connectivity index (χ3n) is 8.17. The highest BCUT2D eigenvalue weighted by atomic mass is 16.5. The minimum absolute atomic E-state index is 0.00613. The fraction of sp³-hybridized carbons (Fsp3) is 0.688. The van der Waals surface area contributed by atoms with Crippen LogP contribution in [0.1, 0.15) is 101 Å². The first-order chi connectivity index (χ1) is 19.6. The fourth-order valence-electron chi connectivity index (χ4n) is 4.00. The molecule has 0 saturated carbocycles. The lowest BCUT2D eigenvalue weighted by molar-refractivity contribution is -0.154. The van der Waals surface area contributed by atoms with Crippen LogP contribution in [0.5, 0.6) is 0 Å². The second-order valence-corrected chi connectivity index (χ2v) is 11.8. The maximum Gasteiger partial charge on any atom is 0.312 e. The molecule has 6 N–H and O–H groups in total. The molecule has 42 heavy (non-hydrogen) atoms. The quantitative estimate of drug-likeness (QED) is 0.0792. The molecular formula is C32H57N5O5. The molecule has 0 aromatic rings. The first-order valence-corrected chi connectivity index (χ1v) is 15.2. The Morgan fingerprint density at radius 1 is 0.952 bits per heavy atom. The van der Waals surface area contributed by atoms with Crippen molar-refractivity contribution in [2.75, 3.05) is 13.2 Å². The van der Waals surface area contributed by atoms with Crippen LogP contribution in [0.25, 0.3) is 0 Å². The van der Waals surface area contributed by atoms with E-state index in [1.165, 1.54) is 0 Å². The fourth-order valence-corrected chi connectivity index (χ4v) is 4.00. The second kappa shape index (κ2) is 19.1. The number of nitrogens with one attached hydrogen (secondary N) is 4. The smallest absolute Gasteiger partial charge is 0.312 e. The van der Waals surface area contributed by atoms with Gasteiger partial charge in [-0.05, 0) is 76.9 Å². The van der Waals surface area contributed by atoms with Gasteiger partial charge in [0.25, 0.3) is 0 Å². The zero-order valence-corrected chi connectivity index (χ0v) is 27.4. The number of carbonyl (C=O) groups excluding carboxylic acids is 4. The standard InChI is InChI=1S/C32H57N5O5/c1-11-24(21-42-29(40)31(9,12-2)13-3)19-18-23(8)35-27(38)25(17-16-20-34-30(33)41)36-28(39)26(22(6)7)37-32(10,14-4)15-5/h11,18-19,22,25-26,37H,1,12-17,20-21H2,2-10H3,(H,35,38)(H,36,39)(H3,33,34,41)/b23-18+,24-19+/t25-,26-/m0/s1. The van der Waals surface area contributed by atoms with Gasteiger partial charge in [-0.2, -0.15) is 0 Å². The molecule has 2 atom stereocenters. The van der Waals surface area contributed by atoms with Crippen LogP contribution in [0.2, 0.25) is 0 Å². The topological polar surface area (TPSA) is 152 Å². The summed E-state index contributed by atoms with van der Waals surface area (Å²) < 4.78 is 5.51. The van der Waals surface area contributed by atoms with E-state index in [0.717, 1.165) is 12.8 Å². The van der Waals surface area contributed by atoms with Crippen LogP contribution in [-0.4, -0.2) is 54.6 Å². The number of hydrogen-bond donors (Lipinski definition) is 5. The molecule has 0 aromatic carbocycles. The van der Waals surface area contributed by atoms with Gasteiger partial charge < -0.3 is 31.7 Å². The Kier molecular flexibility index (Phi) is 17.7. The highest BCUT2D eigenvalue weighted by molar-refractivity contribution is 5.90. The van der Waals surface area contributed by atoms with Crippen LogP contribution < -0.4 is 27.0 Å². The molecule has 0 rings (SSSR count). The zero-order valence-electron chi connectivity index (χ0n) is 27.4. The van der Waals surface area contributed by atoms with Crippen molar-refractivity contribution in [2.24, 2.45) is 17.1 Å².